The summed E-state index contributed by atoms with van der Waals surface area (Å²) in [6.07, 6.45) is 0.627. The Balaban J connectivity index is 0.00000392. The minimum absolute atomic E-state index is 0. The van der Waals surface area contributed by atoms with Crippen LogP contribution in [-0.4, -0.2) is 27.4 Å². The Morgan fingerprint density at radius 3 is 2.25 bits per heavy atom. The van der Waals surface area contributed by atoms with Gasteiger partial charge in [-0.05, 0) is 37.5 Å². The Labute approximate surface area is 187 Å². The fourth-order valence-electron chi connectivity index (χ4n) is 2.33. The Bertz CT molecular complexity index is 836. The average molecular weight is 459 g/mol. The van der Waals surface area contributed by atoms with Crippen LogP contribution in [0, 0.1) is 16.2 Å². The van der Waals surface area contributed by atoms with E-state index in [1.54, 1.807) is 12.1 Å². The first-order valence-corrected chi connectivity index (χ1v) is 8.24. The maximum Gasteiger partial charge on any atom is 0.245 e. The molecule has 0 aromatic heterocycles. The second-order valence-corrected chi connectivity index (χ2v) is 6.33. The van der Waals surface area contributed by atoms with Gasteiger partial charge in [-0.1, -0.05) is 30.0 Å². The molecule has 3 N–H and O–H groups in total. The number of amides is 2. The summed E-state index contributed by atoms with van der Waals surface area (Å²) in [4.78, 5) is 33.3. The third-order valence-electron chi connectivity index (χ3n) is 3.91. The number of rotatable bonds is 7. The zero-order chi connectivity index (χ0) is 20.0. The van der Waals surface area contributed by atoms with E-state index in [0.29, 0.717) is 17.8 Å². The van der Waals surface area contributed by atoms with Gasteiger partial charge >= 0.3 is 0 Å². The summed E-state index contributed by atoms with van der Waals surface area (Å²) >= 11 is 0. The molecule has 0 saturated heterocycles. The molecule has 145 valence electrons. The zero-order valence-electron chi connectivity index (χ0n) is 15.6. The maximum absolute atomic E-state index is 12.3. The molecule has 0 spiro atoms. The second kappa shape index (κ2) is 10.4. The van der Waals surface area contributed by atoms with Crippen molar-refractivity contribution in [3.05, 3.63) is 64.2 Å². The molecular weight excluding hydrogens is 439 g/mol. The monoisotopic (exact) mass is 459 g/mol. The van der Waals surface area contributed by atoms with E-state index in [4.69, 9.17) is 0 Å². The molecule has 0 unspecified atom stereocenters. The fraction of sp³-hybridized carbons (Fsp3) is 0.263. The van der Waals surface area contributed by atoms with Crippen molar-refractivity contribution in [3.63, 3.8) is 0 Å². The van der Waals surface area contributed by atoms with Crippen LogP contribution in [0.3, 0.4) is 0 Å². The minimum Gasteiger partial charge on any atom is -0.380 e. The average Bonchev–Trinajstić information content (AvgIpc) is 2.61. The number of hydrogen-bond donors (Lipinski definition) is 3. The number of nitro groups is 1. The molecule has 9 heteroatoms. The van der Waals surface area contributed by atoms with E-state index >= 15 is 0 Å². The molecule has 0 bridgehead atoms. The summed E-state index contributed by atoms with van der Waals surface area (Å²) in [7, 11) is 0. The Morgan fingerprint density at radius 1 is 1.14 bits per heavy atom. The summed E-state index contributed by atoms with van der Waals surface area (Å²) in [6.45, 7) is 2.83. The van der Waals surface area contributed by atoms with Crippen LogP contribution in [0.4, 0.5) is 17.1 Å². The van der Waals surface area contributed by atoms with Crippen molar-refractivity contribution in [3.8, 4) is 0 Å². The molecule has 2 amide bonds. The van der Waals surface area contributed by atoms with Gasteiger partial charge in [0.1, 0.15) is 5.60 Å². The SMILES string of the molecule is CC(=O)Nc1ccc(CC[C@](C)(O)C(=O)Nc2c[c-]c([N+](=O)[O-])cc2)cc1.[Y]. The van der Waals surface area contributed by atoms with Crippen molar-refractivity contribution in [1.82, 2.24) is 0 Å². The number of nitrogens with zero attached hydrogens (tertiary/aromatic N) is 1. The predicted octanol–water partition coefficient (Wildman–Crippen LogP) is 2.67. The van der Waals surface area contributed by atoms with Crippen LogP contribution in [-0.2, 0) is 48.7 Å². The first-order chi connectivity index (χ1) is 12.7. The van der Waals surface area contributed by atoms with Crippen molar-refractivity contribution >= 4 is 28.9 Å². The van der Waals surface area contributed by atoms with Crippen molar-refractivity contribution in [2.24, 2.45) is 0 Å². The number of non-ortho nitro benzene ring substituents is 1. The fourth-order valence-corrected chi connectivity index (χ4v) is 2.33. The van der Waals surface area contributed by atoms with E-state index < -0.39 is 16.4 Å². The van der Waals surface area contributed by atoms with E-state index in [9.17, 15) is 24.8 Å². The van der Waals surface area contributed by atoms with Gasteiger partial charge in [0.25, 0.3) is 0 Å². The van der Waals surface area contributed by atoms with Crippen LogP contribution in [0.5, 0.6) is 0 Å². The van der Waals surface area contributed by atoms with Gasteiger partial charge in [-0.2, -0.15) is 0 Å². The maximum atomic E-state index is 12.3. The number of carbonyl (C=O) groups excluding carboxylic acids is 2. The molecule has 0 aliphatic rings. The molecule has 0 heterocycles. The largest absolute Gasteiger partial charge is 0.380 e. The summed E-state index contributed by atoms with van der Waals surface area (Å²) in [5.41, 5.74) is 0.0527. The number of nitro benzene ring substituents is 1. The zero-order valence-corrected chi connectivity index (χ0v) is 18.4. The smallest absolute Gasteiger partial charge is 0.245 e. The molecule has 0 aliphatic heterocycles. The van der Waals surface area contributed by atoms with Gasteiger partial charge in [-0.3, -0.25) is 19.7 Å². The van der Waals surface area contributed by atoms with Crippen molar-refractivity contribution in [2.75, 3.05) is 10.6 Å². The van der Waals surface area contributed by atoms with Gasteiger partial charge in [0.15, 0.2) is 5.69 Å². The van der Waals surface area contributed by atoms with Crippen LogP contribution in [0.15, 0.2) is 42.5 Å². The minimum atomic E-state index is -1.63. The Kier molecular flexibility index (Phi) is 8.87. The topological polar surface area (TPSA) is 122 Å². The van der Waals surface area contributed by atoms with E-state index in [1.807, 2.05) is 12.1 Å². The summed E-state index contributed by atoms with van der Waals surface area (Å²) in [5, 5.41) is 26.2. The number of benzene rings is 2. The van der Waals surface area contributed by atoms with Crippen LogP contribution in [0.25, 0.3) is 0 Å². The summed E-state index contributed by atoms with van der Waals surface area (Å²) in [5.74, 6) is -0.773. The number of carbonyl (C=O) groups is 2. The molecule has 2 aromatic rings. The van der Waals surface area contributed by atoms with Crippen LogP contribution in [0.2, 0.25) is 0 Å². The number of aryl methyl sites for hydroxylation is 1. The Morgan fingerprint density at radius 2 is 1.75 bits per heavy atom. The molecule has 8 nitrogen and oxygen atoms in total. The van der Waals surface area contributed by atoms with Gasteiger partial charge in [-0.25, -0.2) is 0 Å². The standard InChI is InChI=1S/C19H20N3O5.Y/c1-13(23)20-15-5-3-14(4-6-15)11-12-19(2,25)18(24)21-16-7-9-17(10-8-16)22(26)27;/h3-9,25H,11-12H2,1-2H3,(H,20,23)(H,21,24);/q-1;/t19-;/m0./s1. The van der Waals surface area contributed by atoms with E-state index in [-0.39, 0.29) is 50.7 Å². The predicted molar refractivity (Wildman–Crippen MR) is 100 cm³/mol. The molecular formula is C19H20N3O5Y-. The number of nitrogens with one attached hydrogen (secondary N) is 2. The first kappa shape index (κ1) is 23.9. The first-order valence-electron chi connectivity index (χ1n) is 8.24. The summed E-state index contributed by atoms with van der Waals surface area (Å²) < 4.78 is 0. The molecule has 1 atom stereocenters. The van der Waals surface area contributed by atoms with Crippen molar-refractivity contribution < 1.29 is 52.3 Å². The van der Waals surface area contributed by atoms with Gasteiger partial charge in [0.2, 0.25) is 11.8 Å². The molecule has 0 fully saturated rings. The van der Waals surface area contributed by atoms with Gasteiger partial charge in [0.05, 0.1) is 0 Å². The van der Waals surface area contributed by atoms with E-state index in [2.05, 4.69) is 16.7 Å². The molecule has 0 aliphatic carbocycles. The quantitative estimate of drug-likeness (QED) is 0.334. The molecule has 2 aromatic carbocycles. The normalized spacial score (nSPS) is 12.2. The number of hydrogen-bond acceptors (Lipinski definition) is 5. The second-order valence-electron chi connectivity index (χ2n) is 6.33. The van der Waals surface area contributed by atoms with Crippen LogP contribution >= 0.6 is 0 Å². The van der Waals surface area contributed by atoms with Crippen LogP contribution < -0.4 is 10.6 Å². The third-order valence-corrected chi connectivity index (χ3v) is 3.91. The molecule has 1 radical (unpaired) electrons. The van der Waals surface area contributed by atoms with Gasteiger partial charge in [-0.15, -0.1) is 12.1 Å². The molecule has 28 heavy (non-hydrogen) atoms. The van der Waals surface area contributed by atoms with Gasteiger partial charge < -0.3 is 15.7 Å². The van der Waals surface area contributed by atoms with Crippen molar-refractivity contribution in [2.45, 2.75) is 32.3 Å². The number of anilines is 2. The Hall–Kier alpha value is -2.16. The van der Waals surface area contributed by atoms with E-state index in [0.717, 1.165) is 5.56 Å². The summed E-state index contributed by atoms with van der Waals surface area (Å²) in [6, 6.07) is 13.4. The van der Waals surface area contributed by atoms with Crippen LogP contribution in [0.1, 0.15) is 25.8 Å². The van der Waals surface area contributed by atoms with Gasteiger partial charge in [0, 0.05) is 50.2 Å². The third kappa shape index (κ3) is 7.11. The number of aliphatic hydroxyl groups is 1. The molecule has 0 saturated carbocycles. The van der Waals surface area contributed by atoms with Crippen molar-refractivity contribution in [1.29, 1.82) is 0 Å². The molecule has 2 rings (SSSR count). The van der Waals surface area contributed by atoms with E-state index in [1.165, 1.54) is 32.0 Å².